The lowest BCUT2D eigenvalue weighted by Gasteiger charge is -2.12. The molecule has 0 aliphatic rings. The molecule has 0 spiro atoms. The molecule has 0 saturated heterocycles. The van der Waals surface area contributed by atoms with Crippen molar-refractivity contribution < 1.29 is 8.42 Å². The Hall–Kier alpha value is -1.38. The summed E-state index contributed by atoms with van der Waals surface area (Å²) in [6.45, 7) is 0. The zero-order valence-electron chi connectivity index (χ0n) is 9.95. The molecule has 7 nitrogen and oxygen atoms in total. The molecule has 0 fully saturated rings. The molecule has 1 heterocycles. The van der Waals surface area contributed by atoms with Gasteiger partial charge in [0.2, 0.25) is 0 Å². The fraction of sp³-hybridized carbons (Fsp3) is 0.222. The molecular formula is C9H9Cl2N5O2S. The molecule has 0 bridgehead atoms. The van der Waals surface area contributed by atoms with Crippen LogP contribution < -0.4 is 4.90 Å². The molecule has 2 aromatic rings. The third-order valence-electron chi connectivity index (χ3n) is 2.23. The maximum absolute atomic E-state index is 12.4. The van der Waals surface area contributed by atoms with Crippen LogP contribution in [0.1, 0.15) is 0 Å². The molecule has 10 heteroatoms. The van der Waals surface area contributed by atoms with Crippen LogP contribution in [-0.4, -0.2) is 42.1 Å². The van der Waals surface area contributed by atoms with E-state index in [1.807, 2.05) is 0 Å². The molecule has 0 aliphatic carbocycles. The quantitative estimate of drug-likeness (QED) is 0.847. The minimum absolute atomic E-state index is 0.00714. The van der Waals surface area contributed by atoms with Gasteiger partial charge in [-0.15, -0.1) is 0 Å². The number of tetrazole rings is 1. The summed E-state index contributed by atoms with van der Waals surface area (Å²) in [5, 5.41) is 10.8. The summed E-state index contributed by atoms with van der Waals surface area (Å²) in [7, 11) is -0.718. The summed E-state index contributed by atoms with van der Waals surface area (Å²) in [6.07, 6.45) is 0. The maximum Gasteiger partial charge on any atom is 0.289 e. The van der Waals surface area contributed by atoms with Gasteiger partial charge in [0.15, 0.2) is 0 Å². The molecule has 102 valence electrons. The normalized spacial score (nSPS) is 11.6. The van der Waals surface area contributed by atoms with Crippen molar-refractivity contribution >= 4 is 39.2 Å². The van der Waals surface area contributed by atoms with E-state index in [1.165, 1.54) is 23.1 Å². The van der Waals surface area contributed by atoms with Gasteiger partial charge in [0, 0.05) is 19.1 Å². The van der Waals surface area contributed by atoms with Gasteiger partial charge in [-0.3, -0.25) is 0 Å². The van der Waals surface area contributed by atoms with E-state index in [9.17, 15) is 8.42 Å². The van der Waals surface area contributed by atoms with E-state index < -0.39 is 10.0 Å². The second kappa shape index (κ2) is 4.95. The van der Waals surface area contributed by atoms with Crippen molar-refractivity contribution in [2.45, 2.75) is 4.90 Å². The second-order valence-electron chi connectivity index (χ2n) is 3.80. The fourth-order valence-electron chi connectivity index (χ4n) is 1.37. The third-order valence-corrected chi connectivity index (χ3v) is 4.49. The number of nitrogens with zero attached hydrogens (tertiary/aromatic N) is 5. The topological polar surface area (TPSA) is 81.0 Å². The Kier molecular flexibility index (Phi) is 3.66. The van der Waals surface area contributed by atoms with Gasteiger partial charge in [0.25, 0.3) is 16.0 Å². The summed E-state index contributed by atoms with van der Waals surface area (Å²) < 4.78 is 25.5. The summed E-state index contributed by atoms with van der Waals surface area (Å²) in [4.78, 5) is 1.36. The van der Waals surface area contributed by atoms with Crippen molar-refractivity contribution in [3.05, 3.63) is 28.2 Å². The van der Waals surface area contributed by atoms with Crippen LogP contribution in [0.3, 0.4) is 0 Å². The van der Waals surface area contributed by atoms with Crippen LogP contribution >= 0.6 is 23.2 Å². The van der Waals surface area contributed by atoms with Crippen molar-refractivity contribution in [2.75, 3.05) is 19.0 Å². The Morgan fingerprint density at radius 3 is 2.53 bits per heavy atom. The van der Waals surface area contributed by atoms with Crippen molar-refractivity contribution in [3.63, 3.8) is 0 Å². The first-order valence-corrected chi connectivity index (χ1v) is 7.20. The molecule has 0 unspecified atom stereocenters. The molecule has 2 rings (SSSR count). The largest absolute Gasteiger partial charge is 0.345 e. The zero-order valence-corrected chi connectivity index (χ0v) is 12.3. The minimum atomic E-state index is -3.97. The Morgan fingerprint density at radius 1 is 1.26 bits per heavy atom. The van der Waals surface area contributed by atoms with Crippen LogP contribution in [0.5, 0.6) is 0 Å². The highest BCUT2D eigenvalue weighted by Gasteiger charge is 2.26. The van der Waals surface area contributed by atoms with E-state index in [4.69, 9.17) is 23.2 Å². The van der Waals surface area contributed by atoms with Crippen molar-refractivity contribution in [3.8, 4) is 0 Å². The molecule has 0 aliphatic heterocycles. The van der Waals surface area contributed by atoms with Gasteiger partial charge in [0.1, 0.15) is 4.90 Å². The first-order valence-electron chi connectivity index (χ1n) is 5.00. The first-order chi connectivity index (χ1) is 8.84. The van der Waals surface area contributed by atoms with Gasteiger partial charge < -0.3 is 4.90 Å². The highest BCUT2D eigenvalue weighted by molar-refractivity contribution is 7.90. The van der Waals surface area contributed by atoms with Crippen LogP contribution in [0.2, 0.25) is 10.0 Å². The van der Waals surface area contributed by atoms with Gasteiger partial charge >= 0.3 is 0 Å². The zero-order chi connectivity index (χ0) is 14.2. The average Bonchev–Trinajstić information content (AvgIpc) is 2.77. The van der Waals surface area contributed by atoms with Gasteiger partial charge in [-0.1, -0.05) is 32.4 Å². The summed E-state index contributed by atoms with van der Waals surface area (Å²) in [5.74, 6) is 0.0750. The lowest BCUT2D eigenvalue weighted by atomic mass is 10.4. The van der Waals surface area contributed by atoms with Crippen LogP contribution in [0.4, 0.5) is 5.95 Å². The van der Waals surface area contributed by atoms with Crippen LogP contribution in [0.15, 0.2) is 23.1 Å². The minimum Gasteiger partial charge on any atom is -0.345 e. The molecule has 0 N–H and O–H groups in total. The first kappa shape index (κ1) is 14.0. The van der Waals surface area contributed by atoms with Crippen LogP contribution in [0, 0.1) is 0 Å². The Balaban J connectivity index is 2.62. The number of rotatable bonds is 3. The van der Waals surface area contributed by atoms with Crippen molar-refractivity contribution in [1.82, 2.24) is 19.6 Å². The van der Waals surface area contributed by atoms with Gasteiger partial charge in [0.05, 0.1) is 5.02 Å². The number of hydrogen-bond acceptors (Lipinski definition) is 6. The maximum atomic E-state index is 12.4. The monoisotopic (exact) mass is 321 g/mol. The van der Waals surface area contributed by atoms with Crippen molar-refractivity contribution in [1.29, 1.82) is 0 Å². The summed E-state index contributed by atoms with van der Waals surface area (Å²) in [5.41, 5.74) is 0. The van der Waals surface area contributed by atoms with Crippen molar-refractivity contribution in [2.24, 2.45) is 0 Å². The summed E-state index contributed by atoms with van der Waals surface area (Å²) in [6, 6.07) is 4.08. The lowest BCUT2D eigenvalue weighted by Crippen LogP contribution is -2.22. The smallest absolute Gasteiger partial charge is 0.289 e. The number of hydrogen-bond donors (Lipinski definition) is 0. The van der Waals surface area contributed by atoms with Gasteiger partial charge in [-0.05, 0) is 28.6 Å². The number of halogens is 2. The number of aromatic nitrogens is 4. The molecular weight excluding hydrogens is 313 g/mol. The Labute approximate surface area is 119 Å². The van der Waals surface area contributed by atoms with Crippen LogP contribution in [0.25, 0.3) is 0 Å². The van der Waals surface area contributed by atoms with Gasteiger partial charge in [-0.25, -0.2) is 0 Å². The standard InChI is InChI=1S/C9H9Cl2N5O2S/c1-15(2)9-12-13-14-16(9)19(17,18)8-4-3-6(10)5-7(8)11/h3-5H,1-2H3. The fourth-order valence-corrected chi connectivity index (χ4v) is 3.34. The Bertz CT molecular complexity index is 713. The molecule has 0 radical (unpaired) electrons. The predicted octanol–water partition coefficient (Wildman–Crippen LogP) is 1.28. The molecule has 0 atom stereocenters. The van der Waals surface area contributed by atoms with E-state index in [-0.39, 0.29) is 15.9 Å². The summed E-state index contributed by atoms with van der Waals surface area (Å²) >= 11 is 11.6. The SMILES string of the molecule is CN(C)c1nnnn1S(=O)(=O)c1ccc(Cl)cc1Cl. The van der Waals surface area contributed by atoms with E-state index in [0.29, 0.717) is 9.11 Å². The molecule has 0 amide bonds. The van der Waals surface area contributed by atoms with E-state index in [1.54, 1.807) is 14.1 Å². The third kappa shape index (κ3) is 2.51. The highest BCUT2D eigenvalue weighted by Crippen LogP contribution is 2.27. The van der Waals surface area contributed by atoms with E-state index in [0.717, 1.165) is 0 Å². The Morgan fingerprint density at radius 2 is 1.95 bits per heavy atom. The lowest BCUT2D eigenvalue weighted by molar-refractivity contribution is 0.577. The van der Waals surface area contributed by atoms with Crippen LogP contribution in [-0.2, 0) is 10.0 Å². The molecule has 0 saturated carbocycles. The average molecular weight is 322 g/mol. The molecule has 1 aromatic carbocycles. The molecule has 19 heavy (non-hydrogen) atoms. The van der Waals surface area contributed by atoms with E-state index >= 15 is 0 Å². The molecule has 1 aromatic heterocycles. The predicted molar refractivity (Wildman–Crippen MR) is 71.2 cm³/mol. The number of anilines is 1. The second-order valence-corrected chi connectivity index (χ2v) is 6.38. The number of benzene rings is 1. The highest BCUT2D eigenvalue weighted by atomic mass is 35.5. The van der Waals surface area contributed by atoms with Gasteiger partial charge in [-0.2, -0.15) is 8.42 Å². The van der Waals surface area contributed by atoms with E-state index in [2.05, 4.69) is 15.5 Å².